The highest BCUT2D eigenvalue weighted by atomic mass is 32.2. The van der Waals surface area contributed by atoms with E-state index in [1.54, 1.807) is 0 Å². The average molecular weight is 425 g/mol. The molecule has 1 atom stereocenters. The van der Waals surface area contributed by atoms with Gasteiger partial charge in [0, 0.05) is 12.1 Å². The number of sulfonamides is 1. The number of aliphatic carboxylic acids is 1. The van der Waals surface area contributed by atoms with Crippen molar-refractivity contribution in [2.45, 2.75) is 30.1 Å². The Bertz CT molecular complexity index is 922. The first-order chi connectivity index (χ1) is 12.9. The largest absolute Gasteiger partial charge is 0.478 e. The molecular formula is C16H15F4NO6S. The van der Waals surface area contributed by atoms with Crippen LogP contribution in [0.25, 0.3) is 0 Å². The van der Waals surface area contributed by atoms with Crippen LogP contribution in [-0.4, -0.2) is 43.7 Å². The molecular weight excluding hydrogens is 410 g/mol. The van der Waals surface area contributed by atoms with Gasteiger partial charge in [0.25, 0.3) is 0 Å². The van der Waals surface area contributed by atoms with Crippen LogP contribution in [0.3, 0.4) is 0 Å². The van der Waals surface area contributed by atoms with E-state index in [2.05, 4.69) is 0 Å². The number of rotatable bonds is 4. The van der Waals surface area contributed by atoms with E-state index < -0.39 is 55.8 Å². The number of carboxylic acids is 1. The summed E-state index contributed by atoms with van der Waals surface area (Å²) >= 11 is 0. The van der Waals surface area contributed by atoms with Crippen molar-refractivity contribution in [3.05, 3.63) is 41.2 Å². The summed E-state index contributed by atoms with van der Waals surface area (Å²) in [5.74, 6) is -4.40. The number of carbonyl (C=O) groups is 1. The Morgan fingerprint density at radius 3 is 2.46 bits per heavy atom. The van der Waals surface area contributed by atoms with E-state index in [1.165, 1.54) is 0 Å². The normalized spacial score (nSPS) is 22.1. The van der Waals surface area contributed by atoms with E-state index in [9.17, 15) is 35.9 Å². The lowest BCUT2D eigenvalue weighted by molar-refractivity contribution is -0.140. The molecule has 2 N–H and O–H groups in total. The number of alkyl halides is 3. The SMILES string of the molecule is O=C(O)C1=CC2(CCC1S(=O)(=O)Nc1ccc(F)c(C(F)(F)F)c1)OCCO2. The topological polar surface area (TPSA) is 102 Å². The van der Waals surface area contributed by atoms with Crippen LogP contribution in [0.2, 0.25) is 0 Å². The van der Waals surface area contributed by atoms with Crippen LogP contribution in [0.5, 0.6) is 0 Å². The second kappa shape index (κ2) is 7.01. The van der Waals surface area contributed by atoms with Gasteiger partial charge in [-0.3, -0.25) is 4.72 Å². The van der Waals surface area contributed by atoms with E-state index in [4.69, 9.17) is 9.47 Å². The summed E-state index contributed by atoms with van der Waals surface area (Å²) in [5.41, 5.74) is -2.69. The Kier molecular flexibility index (Phi) is 5.15. The molecule has 1 aromatic carbocycles. The van der Waals surface area contributed by atoms with Gasteiger partial charge < -0.3 is 14.6 Å². The molecule has 154 valence electrons. The summed E-state index contributed by atoms with van der Waals surface area (Å²) in [4.78, 5) is 11.6. The van der Waals surface area contributed by atoms with E-state index in [0.717, 1.165) is 12.1 Å². The molecule has 0 bridgehead atoms. The fourth-order valence-electron chi connectivity index (χ4n) is 3.15. The van der Waals surface area contributed by atoms with Gasteiger partial charge in [-0.05, 0) is 30.7 Å². The third-order valence-corrected chi connectivity index (χ3v) is 6.17. The molecule has 2 aliphatic rings. The molecule has 12 heteroatoms. The van der Waals surface area contributed by atoms with Gasteiger partial charge in [-0.1, -0.05) is 0 Å². The number of halogens is 4. The zero-order valence-corrected chi connectivity index (χ0v) is 14.9. The molecule has 3 rings (SSSR count). The number of anilines is 1. The van der Waals surface area contributed by atoms with Crippen LogP contribution in [0, 0.1) is 5.82 Å². The average Bonchev–Trinajstić information content (AvgIpc) is 3.03. The van der Waals surface area contributed by atoms with Gasteiger partial charge in [-0.25, -0.2) is 17.6 Å². The summed E-state index contributed by atoms with van der Waals surface area (Å²) in [6.45, 7) is 0.434. The summed E-state index contributed by atoms with van der Waals surface area (Å²) < 4.78 is 89.8. The van der Waals surface area contributed by atoms with E-state index >= 15 is 0 Å². The van der Waals surface area contributed by atoms with Crippen LogP contribution in [0.1, 0.15) is 18.4 Å². The Balaban J connectivity index is 1.92. The van der Waals surface area contributed by atoms with Crippen LogP contribution < -0.4 is 4.72 Å². The Morgan fingerprint density at radius 2 is 1.89 bits per heavy atom. The fraction of sp³-hybridized carbons (Fsp3) is 0.438. The Labute approximate surface area is 157 Å². The monoisotopic (exact) mass is 425 g/mol. The van der Waals surface area contributed by atoms with Gasteiger partial charge >= 0.3 is 12.1 Å². The number of hydrogen-bond acceptors (Lipinski definition) is 5. The Hall–Kier alpha value is -2.18. The molecule has 1 fully saturated rings. The highest BCUT2D eigenvalue weighted by Gasteiger charge is 2.46. The van der Waals surface area contributed by atoms with Crippen molar-refractivity contribution in [3.8, 4) is 0 Å². The minimum Gasteiger partial charge on any atom is -0.478 e. The maximum absolute atomic E-state index is 13.4. The lowest BCUT2D eigenvalue weighted by atomic mass is 9.94. The number of carboxylic acid groups (broad SMARTS) is 1. The summed E-state index contributed by atoms with van der Waals surface area (Å²) in [6, 6.07) is 1.61. The van der Waals surface area contributed by atoms with Crippen LogP contribution in [-0.2, 0) is 30.5 Å². The maximum Gasteiger partial charge on any atom is 0.419 e. The van der Waals surface area contributed by atoms with Gasteiger partial charge in [0.15, 0.2) is 5.79 Å². The Morgan fingerprint density at radius 1 is 1.25 bits per heavy atom. The molecule has 1 heterocycles. The van der Waals surface area contributed by atoms with Crippen LogP contribution >= 0.6 is 0 Å². The van der Waals surface area contributed by atoms with Crippen molar-refractivity contribution in [1.29, 1.82) is 0 Å². The zero-order valence-electron chi connectivity index (χ0n) is 14.1. The molecule has 1 aliphatic carbocycles. The number of ether oxygens (including phenoxy) is 2. The zero-order chi connectivity index (χ0) is 20.7. The number of benzene rings is 1. The number of nitrogens with one attached hydrogen (secondary N) is 1. The summed E-state index contributed by atoms with van der Waals surface area (Å²) in [6.07, 6.45) is -4.10. The molecule has 1 aromatic rings. The predicted molar refractivity (Wildman–Crippen MR) is 87.3 cm³/mol. The second-order valence-corrected chi connectivity index (χ2v) is 8.14. The summed E-state index contributed by atoms with van der Waals surface area (Å²) in [5, 5.41) is 7.85. The van der Waals surface area contributed by atoms with E-state index in [1.807, 2.05) is 4.72 Å². The minimum absolute atomic E-state index is 0.0482. The molecule has 1 spiro atoms. The first-order valence-electron chi connectivity index (χ1n) is 8.06. The lowest BCUT2D eigenvalue weighted by Gasteiger charge is -2.32. The number of hydrogen-bond donors (Lipinski definition) is 2. The third kappa shape index (κ3) is 3.98. The molecule has 1 aliphatic heterocycles. The second-order valence-electron chi connectivity index (χ2n) is 6.28. The summed E-state index contributed by atoms with van der Waals surface area (Å²) in [7, 11) is -4.45. The smallest absolute Gasteiger partial charge is 0.419 e. The molecule has 0 radical (unpaired) electrons. The first kappa shape index (κ1) is 20.6. The van der Waals surface area contributed by atoms with Crippen molar-refractivity contribution in [3.63, 3.8) is 0 Å². The molecule has 0 amide bonds. The molecule has 0 saturated carbocycles. The molecule has 7 nitrogen and oxygen atoms in total. The van der Waals surface area contributed by atoms with Crippen LogP contribution in [0.4, 0.5) is 23.2 Å². The minimum atomic E-state index is -5.02. The molecule has 28 heavy (non-hydrogen) atoms. The van der Waals surface area contributed by atoms with Crippen LogP contribution in [0.15, 0.2) is 29.8 Å². The third-order valence-electron chi connectivity index (χ3n) is 4.41. The maximum atomic E-state index is 13.4. The standard InChI is InChI=1S/C16H15F4NO6S/c17-12-2-1-9(7-11(12)16(18,19)20)21-28(24,25)13-3-4-15(26-5-6-27-15)8-10(13)14(22)23/h1-2,7-8,13,21H,3-6H2,(H,22,23). The van der Waals surface area contributed by atoms with Gasteiger partial charge in [-0.2, -0.15) is 13.2 Å². The first-order valence-corrected chi connectivity index (χ1v) is 9.60. The van der Waals surface area contributed by atoms with Gasteiger partial charge in [-0.15, -0.1) is 0 Å². The van der Waals surface area contributed by atoms with Crippen molar-refractivity contribution in [1.82, 2.24) is 0 Å². The molecule has 1 unspecified atom stereocenters. The van der Waals surface area contributed by atoms with Crippen molar-refractivity contribution < 1.29 is 45.4 Å². The lowest BCUT2D eigenvalue weighted by Crippen LogP contribution is -2.41. The fourth-order valence-corrected chi connectivity index (χ4v) is 4.68. The van der Waals surface area contributed by atoms with Crippen molar-refractivity contribution >= 4 is 21.7 Å². The molecule has 0 aromatic heterocycles. The van der Waals surface area contributed by atoms with E-state index in [-0.39, 0.29) is 26.1 Å². The van der Waals surface area contributed by atoms with Crippen molar-refractivity contribution in [2.75, 3.05) is 17.9 Å². The highest BCUT2D eigenvalue weighted by molar-refractivity contribution is 7.93. The quantitative estimate of drug-likeness (QED) is 0.719. The van der Waals surface area contributed by atoms with Gasteiger partial charge in [0.05, 0.1) is 24.4 Å². The van der Waals surface area contributed by atoms with E-state index in [0.29, 0.717) is 12.1 Å². The predicted octanol–water partition coefficient (Wildman–Crippen LogP) is 2.50. The van der Waals surface area contributed by atoms with Gasteiger partial charge in [0.2, 0.25) is 10.0 Å². The molecule has 1 saturated heterocycles. The van der Waals surface area contributed by atoms with Crippen molar-refractivity contribution in [2.24, 2.45) is 0 Å². The highest BCUT2D eigenvalue weighted by Crippen LogP contribution is 2.38. The van der Waals surface area contributed by atoms with Gasteiger partial charge in [0.1, 0.15) is 11.1 Å².